The van der Waals surface area contributed by atoms with Crippen LogP contribution in [0.3, 0.4) is 0 Å². The van der Waals surface area contributed by atoms with Crippen molar-refractivity contribution in [3.05, 3.63) is 60.4 Å². The fraction of sp³-hybridized carbons (Fsp3) is 0.294. The van der Waals surface area contributed by atoms with E-state index in [9.17, 15) is 0 Å². The van der Waals surface area contributed by atoms with Gasteiger partial charge in [-0.3, -0.25) is 9.98 Å². The van der Waals surface area contributed by atoms with Gasteiger partial charge in [0.25, 0.3) is 0 Å². The van der Waals surface area contributed by atoms with Gasteiger partial charge >= 0.3 is 0 Å². The number of nitrogens with one attached hydrogen (secondary N) is 2. The number of hydrogen-bond acceptors (Lipinski definition) is 3. The number of aromatic nitrogens is 1. The molecular weight excluding hydrogens is 276 g/mol. The third-order valence-corrected chi connectivity index (χ3v) is 3.17. The predicted octanol–water partition coefficient (Wildman–Crippen LogP) is 2.39. The van der Waals surface area contributed by atoms with Crippen LogP contribution in [0.15, 0.2) is 59.9 Å². The molecule has 0 saturated heterocycles. The Kier molecular flexibility index (Phi) is 6.23. The Labute approximate surface area is 131 Å². The van der Waals surface area contributed by atoms with Crippen molar-refractivity contribution in [3.63, 3.8) is 0 Å². The zero-order valence-corrected chi connectivity index (χ0v) is 13.0. The molecule has 0 fully saturated rings. The highest BCUT2D eigenvalue weighted by atomic mass is 16.5. The van der Waals surface area contributed by atoms with Gasteiger partial charge in [0.05, 0.1) is 18.8 Å². The summed E-state index contributed by atoms with van der Waals surface area (Å²) in [6.45, 7) is 3.32. The summed E-state index contributed by atoms with van der Waals surface area (Å²) in [6.07, 6.45) is 3.42. The molecule has 22 heavy (non-hydrogen) atoms. The second-order valence-corrected chi connectivity index (χ2v) is 4.81. The summed E-state index contributed by atoms with van der Waals surface area (Å²) in [6, 6.07) is 14.2. The molecule has 1 aromatic heterocycles. The number of ether oxygens (including phenoxy) is 1. The lowest BCUT2D eigenvalue weighted by atomic mass is 10.1. The molecule has 0 spiro atoms. The van der Waals surface area contributed by atoms with Crippen LogP contribution in [0.1, 0.15) is 18.5 Å². The number of pyridine rings is 1. The van der Waals surface area contributed by atoms with E-state index in [1.807, 2.05) is 30.3 Å². The zero-order chi connectivity index (χ0) is 15.6. The lowest BCUT2D eigenvalue weighted by Crippen LogP contribution is -2.40. The second-order valence-electron chi connectivity index (χ2n) is 4.81. The molecule has 2 aromatic rings. The van der Waals surface area contributed by atoms with E-state index in [2.05, 4.69) is 39.7 Å². The predicted molar refractivity (Wildman–Crippen MR) is 89.1 cm³/mol. The third-order valence-electron chi connectivity index (χ3n) is 3.17. The van der Waals surface area contributed by atoms with Gasteiger partial charge in [-0.05, 0) is 24.6 Å². The number of hydrogen-bond donors (Lipinski definition) is 2. The van der Waals surface area contributed by atoms with Crippen LogP contribution in [-0.4, -0.2) is 31.1 Å². The topological polar surface area (TPSA) is 58.5 Å². The second kappa shape index (κ2) is 8.67. The van der Waals surface area contributed by atoms with Crippen LogP contribution < -0.4 is 15.4 Å². The lowest BCUT2D eigenvalue weighted by Gasteiger charge is -2.18. The number of guanidine groups is 1. The molecule has 0 aliphatic rings. The van der Waals surface area contributed by atoms with Crippen LogP contribution in [0, 0.1) is 0 Å². The average molecular weight is 298 g/mol. The van der Waals surface area contributed by atoms with Crippen molar-refractivity contribution >= 4 is 5.96 Å². The van der Waals surface area contributed by atoms with E-state index in [0.717, 1.165) is 11.7 Å². The highest BCUT2D eigenvalue weighted by Crippen LogP contribution is 2.10. The van der Waals surface area contributed by atoms with Crippen LogP contribution in [0.4, 0.5) is 0 Å². The van der Waals surface area contributed by atoms with E-state index in [4.69, 9.17) is 4.74 Å². The molecule has 1 atom stereocenters. The van der Waals surface area contributed by atoms with E-state index in [0.29, 0.717) is 13.2 Å². The Bertz CT molecular complexity index is 572. The van der Waals surface area contributed by atoms with E-state index < -0.39 is 0 Å². The SMILES string of the molecule is CN=C(NCCOc1cccnc1)NC(C)c1ccccc1. The fourth-order valence-corrected chi connectivity index (χ4v) is 2.00. The minimum absolute atomic E-state index is 0.187. The van der Waals surface area contributed by atoms with E-state index in [1.165, 1.54) is 5.56 Å². The van der Waals surface area contributed by atoms with E-state index in [1.54, 1.807) is 19.4 Å². The molecule has 2 rings (SSSR count). The van der Waals surface area contributed by atoms with Gasteiger partial charge in [0.1, 0.15) is 12.4 Å². The summed E-state index contributed by atoms with van der Waals surface area (Å²) in [5, 5.41) is 6.59. The maximum atomic E-state index is 5.58. The summed E-state index contributed by atoms with van der Waals surface area (Å²) >= 11 is 0. The van der Waals surface area contributed by atoms with Gasteiger partial charge in [-0.1, -0.05) is 30.3 Å². The molecule has 0 aliphatic heterocycles. The minimum atomic E-state index is 0.187. The monoisotopic (exact) mass is 298 g/mol. The van der Waals surface area contributed by atoms with Crippen molar-refractivity contribution < 1.29 is 4.74 Å². The van der Waals surface area contributed by atoms with Crippen LogP contribution in [0.25, 0.3) is 0 Å². The summed E-state index contributed by atoms with van der Waals surface area (Å²) in [7, 11) is 1.76. The van der Waals surface area contributed by atoms with Gasteiger partial charge in [0.2, 0.25) is 0 Å². The van der Waals surface area contributed by atoms with E-state index >= 15 is 0 Å². The zero-order valence-electron chi connectivity index (χ0n) is 13.0. The fourth-order valence-electron chi connectivity index (χ4n) is 2.00. The van der Waals surface area contributed by atoms with E-state index in [-0.39, 0.29) is 6.04 Å². The smallest absolute Gasteiger partial charge is 0.191 e. The van der Waals surface area contributed by atoms with Crippen molar-refractivity contribution in [1.82, 2.24) is 15.6 Å². The molecule has 116 valence electrons. The summed E-state index contributed by atoms with van der Waals surface area (Å²) < 4.78 is 5.58. The van der Waals surface area contributed by atoms with Crippen LogP contribution in [0.2, 0.25) is 0 Å². The molecule has 2 N–H and O–H groups in total. The molecule has 0 aliphatic carbocycles. The molecule has 1 aromatic carbocycles. The highest BCUT2D eigenvalue weighted by Gasteiger charge is 2.06. The number of benzene rings is 1. The first-order chi connectivity index (χ1) is 10.8. The number of aliphatic imine (C=N–C) groups is 1. The molecule has 0 saturated carbocycles. The van der Waals surface area contributed by atoms with Crippen molar-refractivity contribution in [2.45, 2.75) is 13.0 Å². The first kappa shape index (κ1) is 15.8. The lowest BCUT2D eigenvalue weighted by molar-refractivity contribution is 0.320. The Morgan fingerprint density at radius 3 is 2.73 bits per heavy atom. The van der Waals surface area contributed by atoms with Gasteiger partial charge in [0.15, 0.2) is 5.96 Å². The van der Waals surface area contributed by atoms with Gasteiger partial charge in [-0.25, -0.2) is 0 Å². The summed E-state index contributed by atoms with van der Waals surface area (Å²) in [5.41, 5.74) is 1.22. The molecule has 0 radical (unpaired) electrons. The van der Waals surface area contributed by atoms with Crippen molar-refractivity contribution in [3.8, 4) is 5.75 Å². The Hall–Kier alpha value is -2.56. The van der Waals surface area contributed by atoms with Crippen LogP contribution in [-0.2, 0) is 0 Å². The van der Waals surface area contributed by atoms with Gasteiger partial charge in [-0.2, -0.15) is 0 Å². The quantitative estimate of drug-likeness (QED) is 0.488. The van der Waals surface area contributed by atoms with Crippen LogP contribution >= 0.6 is 0 Å². The third kappa shape index (κ3) is 5.09. The van der Waals surface area contributed by atoms with Gasteiger partial charge < -0.3 is 15.4 Å². The molecule has 0 amide bonds. The first-order valence-electron chi connectivity index (χ1n) is 7.34. The summed E-state index contributed by atoms with van der Waals surface area (Å²) in [4.78, 5) is 8.23. The first-order valence-corrected chi connectivity index (χ1v) is 7.34. The highest BCUT2D eigenvalue weighted by molar-refractivity contribution is 5.80. The molecule has 5 heteroatoms. The van der Waals surface area contributed by atoms with Gasteiger partial charge in [-0.15, -0.1) is 0 Å². The molecular formula is C17H22N4O. The molecule has 1 heterocycles. The molecule has 0 bridgehead atoms. The maximum absolute atomic E-state index is 5.58. The minimum Gasteiger partial charge on any atom is -0.490 e. The van der Waals surface area contributed by atoms with Crippen LogP contribution in [0.5, 0.6) is 5.75 Å². The Balaban J connectivity index is 1.73. The van der Waals surface area contributed by atoms with Gasteiger partial charge in [0, 0.05) is 13.2 Å². The summed E-state index contributed by atoms with van der Waals surface area (Å²) in [5.74, 6) is 1.52. The van der Waals surface area contributed by atoms with Crippen molar-refractivity contribution in [2.24, 2.45) is 4.99 Å². The average Bonchev–Trinajstić information content (AvgIpc) is 2.59. The number of rotatable bonds is 6. The standard InChI is InChI=1S/C17H22N4O/c1-14(15-7-4-3-5-8-15)21-17(18-2)20-11-12-22-16-9-6-10-19-13-16/h3-10,13-14H,11-12H2,1-2H3,(H2,18,20,21). The maximum Gasteiger partial charge on any atom is 0.191 e. The Morgan fingerprint density at radius 2 is 2.05 bits per heavy atom. The molecule has 1 unspecified atom stereocenters. The van der Waals surface area contributed by atoms with Crippen molar-refractivity contribution in [1.29, 1.82) is 0 Å². The molecule has 5 nitrogen and oxygen atoms in total. The van der Waals surface area contributed by atoms with Crippen molar-refractivity contribution in [2.75, 3.05) is 20.2 Å². The number of nitrogens with zero attached hydrogens (tertiary/aromatic N) is 2. The Morgan fingerprint density at radius 1 is 1.23 bits per heavy atom. The largest absolute Gasteiger partial charge is 0.490 e. The normalized spacial score (nSPS) is 12.5.